The van der Waals surface area contributed by atoms with Gasteiger partial charge in [0, 0.05) is 28.4 Å². The van der Waals surface area contributed by atoms with Crippen molar-refractivity contribution in [1.29, 1.82) is 0 Å². The van der Waals surface area contributed by atoms with E-state index in [0.29, 0.717) is 23.7 Å². The summed E-state index contributed by atoms with van der Waals surface area (Å²) in [4.78, 5) is 0. The van der Waals surface area contributed by atoms with Gasteiger partial charge in [0.25, 0.3) is 0 Å². The molecule has 1 heterocycles. The number of rotatable bonds is 3. The van der Waals surface area contributed by atoms with Crippen molar-refractivity contribution in [2.24, 2.45) is 0 Å². The van der Waals surface area contributed by atoms with Crippen LogP contribution in [0.1, 0.15) is 13.3 Å². The topological polar surface area (TPSA) is 25.2 Å². The van der Waals surface area contributed by atoms with Crippen LogP contribution in [-0.4, -0.2) is 15.8 Å². The molecule has 1 atom stereocenters. The van der Waals surface area contributed by atoms with Crippen LogP contribution in [0.15, 0.2) is 36.4 Å². The maximum atomic E-state index is 13.5. The molecule has 1 unspecified atom stereocenters. The largest absolute Gasteiger partial charge is 0.391 e. The third-order valence-electron chi connectivity index (χ3n) is 3.65. The molecule has 1 aromatic heterocycles. The molecule has 0 aliphatic heterocycles. The third-order valence-corrected chi connectivity index (χ3v) is 3.65. The van der Waals surface area contributed by atoms with Gasteiger partial charge in [-0.05, 0) is 42.8 Å². The van der Waals surface area contributed by atoms with Crippen LogP contribution in [0.4, 0.5) is 8.78 Å². The van der Waals surface area contributed by atoms with Gasteiger partial charge in [0.1, 0.15) is 11.6 Å². The Balaban J connectivity index is 2.34. The number of fused-ring (bicyclic) bond motifs is 3. The number of aromatic nitrogens is 1. The van der Waals surface area contributed by atoms with Gasteiger partial charge in [-0.3, -0.25) is 0 Å². The molecule has 2 aromatic carbocycles. The first-order chi connectivity index (χ1) is 9.60. The minimum absolute atomic E-state index is 0.350. The van der Waals surface area contributed by atoms with Crippen molar-refractivity contribution in [3.8, 4) is 0 Å². The Labute approximate surface area is 115 Å². The number of aliphatic hydroxyl groups is 1. The monoisotopic (exact) mass is 275 g/mol. The van der Waals surface area contributed by atoms with Crippen LogP contribution in [-0.2, 0) is 6.54 Å². The fourth-order valence-electron chi connectivity index (χ4n) is 2.59. The zero-order chi connectivity index (χ0) is 14.3. The molecule has 0 aliphatic rings. The van der Waals surface area contributed by atoms with E-state index in [2.05, 4.69) is 0 Å². The number of hydrogen-bond acceptors (Lipinski definition) is 1. The molecule has 0 saturated carbocycles. The molecule has 1 N–H and O–H groups in total. The highest BCUT2D eigenvalue weighted by molar-refractivity contribution is 6.08. The third kappa shape index (κ3) is 2.06. The zero-order valence-electron chi connectivity index (χ0n) is 11.1. The highest BCUT2D eigenvalue weighted by atomic mass is 19.1. The van der Waals surface area contributed by atoms with Crippen molar-refractivity contribution in [2.75, 3.05) is 0 Å². The van der Waals surface area contributed by atoms with Crippen LogP contribution in [0, 0.1) is 11.6 Å². The first kappa shape index (κ1) is 13.1. The van der Waals surface area contributed by atoms with Crippen LogP contribution in [0.25, 0.3) is 21.8 Å². The Hall–Kier alpha value is -1.94. The summed E-state index contributed by atoms with van der Waals surface area (Å²) in [6.45, 7) is 2.31. The lowest BCUT2D eigenvalue weighted by atomic mass is 10.1. The van der Waals surface area contributed by atoms with Crippen LogP contribution < -0.4 is 0 Å². The van der Waals surface area contributed by atoms with Gasteiger partial charge in [0.2, 0.25) is 0 Å². The average molecular weight is 275 g/mol. The smallest absolute Gasteiger partial charge is 0.123 e. The van der Waals surface area contributed by atoms with Crippen molar-refractivity contribution in [3.63, 3.8) is 0 Å². The molecule has 104 valence electrons. The summed E-state index contributed by atoms with van der Waals surface area (Å²) in [5.41, 5.74) is 1.61. The van der Waals surface area contributed by atoms with Gasteiger partial charge in [-0.15, -0.1) is 0 Å². The molecule has 20 heavy (non-hydrogen) atoms. The van der Waals surface area contributed by atoms with E-state index in [9.17, 15) is 13.9 Å². The standard InChI is InChI=1S/C16H15F2NO/c1-2-12(20)9-19-15-5-3-10(17)7-13(15)14-8-11(18)4-6-16(14)19/h3-8,12,20H,2,9H2,1H3. The predicted molar refractivity (Wildman–Crippen MR) is 75.7 cm³/mol. The normalized spacial score (nSPS) is 13.2. The van der Waals surface area contributed by atoms with Crippen molar-refractivity contribution >= 4 is 21.8 Å². The molecule has 0 amide bonds. The number of benzene rings is 2. The highest BCUT2D eigenvalue weighted by Gasteiger charge is 2.14. The summed E-state index contributed by atoms with van der Waals surface area (Å²) >= 11 is 0. The highest BCUT2D eigenvalue weighted by Crippen LogP contribution is 2.30. The fraction of sp³-hybridized carbons (Fsp3) is 0.250. The fourth-order valence-corrected chi connectivity index (χ4v) is 2.59. The van der Waals surface area contributed by atoms with E-state index in [-0.39, 0.29) is 11.6 Å². The SMILES string of the molecule is CCC(O)Cn1c2ccc(F)cc2c2cc(F)ccc21. The second-order valence-corrected chi connectivity index (χ2v) is 5.00. The molecular formula is C16H15F2NO. The van der Waals surface area contributed by atoms with Gasteiger partial charge in [0.15, 0.2) is 0 Å². The minimum atomic E-state index is -0.482. The molecule has 2 nitrogen and oxygen atoms in total. The lowest BCUT2D eigenvalue weighted by Gasteiger charge is -2.11. The summed E-state index contributed by atoms with van der Waals surface area (Å²) in [5, 5.41) is 11.2. The molecule has 0 aliphatic carbocycles. The summed E-state index contributed by atoms with van der Waals surface area (Å²) < 4.78 is 28.8. The number of aliphatic hydroxyl groups excluding tert-OH is 1. The predicted octanol–water partition coefficient (Wildman–Crippen LogP) is 3.84. The summed E-state index contributed by atoms with van der Waals surface area (Å²) in [6, 6.07) is 8.92. The van der Waals surface area contributed by atoms with E-state index in [1.165, 1.54) is 24.3 Å². The number of nitrogens with zero attached hydrogens (tertiary/aromatic N) is 1. The Bertz CT molecular complexity index is 720. The van der Waals surface area contributed by atoms with Crippen molar-refractivity contribution < 1.29 is 13.9 Å². The van der Waals surface area contributed by atoms with E-state index < -0.39 is 6.10 Å². The quantitative estimate of drug-likeness (QED) is 0.771. The van der Waals surface area contributed by atoms with Gasteiger partial charge in [0.05, 0.1) is 6.10 Å². The summed E-state index contributed by atoms with van der Waals surface area (Å²) in [5.74, 6) is -0.700. The van der Waals surface area contributed by atoms with Gasteiger partial charge >= 0.3 is 0 Å². The maximum absolute atomic E-state index is 13.5. The average Bonchev–Trinajstić information content (AvgIpc) is 2.72. The lowest BCUT2D eigenvalue weighted by Crippen LogP contribution is -2.14. The Morgan fingerprint density at radius 2 is 1.50 bits per heavy atom. The molecule has 0 spiro atoms. The van der Waals surface area contributed by atoms with E-state index >= 15 is 0 Å². The van der Waals surface area contributed by atoms with E-state index in [0.717, 1.165) is 11.0 Å². The number of halogens is 2. The van der Waals surface area contributed by atoms with E-state index in [1.807, 2.05) is 11.5 Å². The van der Waals surface area contributed by atoms with Crippen LogP contribution >= 0.6 is 0 Å². The Morgan fingerprint density at radius 3 is 1.95 bits per heavy atom. The van der Waals surface area contributed by atoms with Crippen LogP contribution in [0.3, 0.4) is 0 Å². The molecular weight excluding hydrogens is 260 g/mol. The Morgan fingerprint density at radius 1 is 1.00 bits per heavy atom. The maximum Gasteiger partial charge on any atom is 0.123 e. The molecule has 0 radical (unpaired) electrons. The minimum Gasteiger partial charge on any atom is -0.391 e. The second-order valence-electron chi connectivity index (χ2n) is 5.00. The summed E-state index contributed by atoms with van der Waals surface area (Å²) in [7, 11) is 0. The second kappa shape index (κ2) is 4.87. The van der Waals surface area contributed by atoms with Crippen molar-refractivity contribution in [1.82, 2.24) is 4.57 Å². The summed E-state index contributed by atoms with van der Waals surface area (Å²) in [6.07, 6.45) is 0.146. The van der Waals surface area contributed by atoms with Gasteiger partial charge in [-0.1, -0.05) is 6.92 Å². The van der Waals surface area contributed by atoms with Crippen molar-refractivity contribution in [3.05, 3.63) is 48.0 Å². The zero-order valence-corrected chi connectivity index (χ0v) is 11.1. The van der Waals surface area contributed by atoms with Crippen LogP contribution in [0.2, 0.25) is 0 Å². The van der Waals surface area contributed by atoms with Crippen LogP contribution in [0.5, 0.6) is 0 Å². The first-order valence-electron chi connectivity index (χ1n) is 6.65. The van der Waals surface area contributed by atoms with E-state index in [4.69, 9.17) is 0 Å². The molecule has 4 heteroatoms. The molecule has 0 fully saturated rings. The lowest BCUT2D eigenvalue weighted by molar-refractivity contribution is 0.153. The van der Waals surface area contributed by atoms with Gasteiger partial charge < -0.3 is 9.67 Å². The van der Waals surface area contributed by atoms with Crippen molar-refractivity contribution in [2.45, 2.75) is 26.0 Å². The molecule has 3 aromatic rings. The first-order valence-corrected chi connectivity index (χ1v) is 6.65. The molecule has 3 rings (SSSR count). The number of hydrogen-bond donors (Lipinski definition) is 1. The molecule has 0 bridgehead atoms. The molecule has 0 saturated heterocycles. The van der Waals surface area contributed by atoms with Gasteiger partial charge in [-0.25, -0.2) is 8.78 Å². The van der Waals surface area contributed by atoms with Gasteiger partial charge in [-0.2, -0.15) is 0 Å². The van der Waals surface area contributed by atoms with E-state index in [1.54, 1.807) is 12.1 Å². The Kier molecular flexibility index (Phi) is 3.18.